The number of halogens is 2. The predicted molar refractivity (Wildman–Crippen MR) is 98.2 cm³/mol. The number of benzene rings is 2. The van der Waals surface area contributed by atoms with Gasteiger partial charge in [0.15, 0.2) is 9.84 Å². The second-order valence-electron chi connectivity index (χ2n) is 5.32. The molecule has 0 fully saturated rings. The predicted octanol–water partition coefficient (Wildman–Crippen LogP) is 5.13. The normalized spacial score (nSPS) is 11.5. The van der Waals surface area contributed by atoms with Gasteiger partial charge in [-0.2, -0.15) is 0 Å². The summed E-state index contributed by atoms with van der Waals surface area (Å²) < 4.78 is 24.6. The highest BCUT2D eigenvalue weighted by Gasteiger charge is 2.21. The van der Waals surface area contributed by atoms with E-state index in [4.69, 9.17) is 23.2 Å². The highest BCUT2D eigenvalue weighted by molar-refractivity contribution is 7.90. The summed E-state index contributed by atoms with van der Waals surface area (Å²) in [4.78, 5) is 4.50. The summed E-state index contributed by atoms with van der Waals surface area (Å²) in [5, 5.41) is 0.918. The Morgan fingerprint density at radius 3 is 2.21 bits per heavy atom. The Morgan fingerprint density at radius 1 is 0.917 bits per heavy atom. The van der Waals surface area contributed by atoms with Gasteiger partial charge in [-0.05, 0) is 42.0 Å². The SMILES string of the molecule is CS(=O)(=O)c1cc(Cl)cc(-c2ccccn2)c1-c1ccc(Cl)cc1. The molecule has 3 nitrogen and oxygen atoms in total. The van der Waals surface area contributed by atoms with E-state index < -0.39 is 9.84 Å². The van der Waals surface area contributed by atoms with Gasteiger partial charge in [-0.1, -0.05) is 41.4 Å². The minimum Gasteiger partial charge on any atom is -0.256 e. The standard InChI is InChI=1S/C18H13Cl2NO2S/c1-24(22,23)17-11-14(20)10-15(16-4-2-3-9-21-16)18(17)12-5-7-13(19)8-6-12/h2-11H,1H3. The van der Waals surface area contributed by atoms with Crippen LogP contribution in [0.15, 0.2) is 65.7 Å². The van der Waals surface area contributed by atoms with E-state index in [9.17, 15) is 8.42 Å². The zero-order chi connectivity index (χ0) is 17.3. The van der Waals surface area contributed by atoms with Crippen LogP contribution in [-0.2, 0) is 9.84 Å². The maximum atomic E-state index is 12.3. The van der Waals surface area contributed by atoms with Gasteiger partial charge in [0.1, 0.15) is 0 Å². The van der Waals surface area contributed by atoms with Crippen LogP contribution in [0.25, 0.3) is 22.4 Å². The van der Waals surface area contributed by atoms with Crippen molar-refractivity contribution < 1.29 is 8.42 Å². The summed E-state index contributed by atoms with van der Waals surface area (Å²) in [7, 11) is -3.49. The van der Waals surface area contributed by atoms with Gasteiger partial charge in [0.05, 0.1) is 10.6 Å². The number of hydrogen-bond donors (Lipinski definition) is 0. The Balaban J connectivity index is 2.41. The molecular formula is C18H13Cl2NO2S. The van der Waals surface area contributed by atoms with Crippen LogP contribution in [0.4, 0.5) is 0 Å². The van der Waals surface area contributed by atoms with Gasteiger partial charge in [0.25, 0.3) is 0 Å². The lowest BCUT2D eigenvalue weighted by Gasteiger charge is -2.15. The highest BCUT2D eigenvalue weighted by atomic mass is 35.5. The molecule has 1 aromatic heterocycles. The van der Waals surface area contributed by atoms with Crippen molar-refractivity contribution in [2.24, 2.45) is 0 Å². The zero-order valence-electron chi connectivity index (χ0n) is 12.7. The maximum Gasteiger partial charge on any atom is 0.176 e. The van der Waals surface area contributed by atoms with Crippen molar-refractivity contribution in [3.63, 3.8) is 0 Å². The molecule has 0 aliphatic rings. The van der Waals surface area contributed by atoms with Gasteiger partial charge < -0.3 is 0 Å². The van der Waals surface area contributed by atoms with Crippen molar-refractivity contribution in [2.75, 3.05) is 6.26 Å². The molecule has 0 radical (unpaired) electrons. The van der Waals surface area contributed by atoms with E-state index in [-0.39, 0.29) is 4.90 Å². The summed E-state index contributed by atoms with van der Waals surface area (Å²) in [6, 6.07) is 15.7. The first-order valence-electron chi connectivity index (χ1n) is 7.07. The number of aromatic nitrogens is 1. The van der Waals surface area contributed by atoms with E-state index in [1.54, 1.807) is 42.6 Å². The highest BCUT2D eigenvalue weighted by Crippen LogP contribution is 2.39. The molecule has 0 unspecified atom stereocenters. The van der Waals surface area contributed by atoms with Crippen LogP contribution in [0.2, 0.25) is 10.0 Å². The fraction of sp³-hybridized carbons (Fsp3) is 0.0556. The van der Waals surface area contributed by atoms with Crippen LogP contribution in [0.5, 0.6) is 0 Å². The first kappa shape index (κ1) is 17.0. The van der Waals surface area contributed by atoms with Crippen LogP contribution in [0.3, 0.4) is 0 Å². The molecule has 0 aliphatic carbocycles. The van der Waals surface area contributed by atoms with Crippen molar-refractivity contribution >= 4 is 33.0 Å². The monoisotopic (exact) mass is 377 g/mol. The van der Waals surface area contributed by atoms with Gasteiger partial charge in [-0.15, -0.1) is 0 Å². The lowest BCUT2D eigenvalue weighted by Crippen LogP contribution is -2.02. The van der Waals surface area contributed by atoms with Gasteiger partial charge >= 0.3 is 0 Å². The fourth-order valence-corrected chi connectivity index (χ4v) is 3.86. The summed E-state index contributed by atoms with van der Waals surface area (Å²) in [5.41, 5.74) is 2.61. The smallest absolute Gasteiger partial charge is 0.176 e. The Bertz CT molecular complexity index is 986. The molecule has 0 amide bonds. The van der Waals surface area contributed by atoms with Crippen LogP contribution in [0.1, 0.15) is 0 Å². The van der Waals surface area contributed by atoms with Crippen molar-refractivity contribution in [3.8, 4) is 22.4 Å². The van der Waals surface area contributed by atoms with Crippen LogP contribution < -0.4 is 0 Å². The molecule has 1 heterocycles. The maximum absolute atomic E-state index is 12.3. The molecule has 0 atom stereocenters. The number of nitrogens with zero attached hydrogens (tertiary/aromatic N) is 1. The molecule has 0 aliphatic heterocycles. The van der Waals surface area contributed by atoms with E-state index >= 15 is 0 Å². The molecule has 0 saturated heterocycles. The van der Waals surface area contributed by atoms with Gasteiger partial charge in [0, 0.05) is 33.6 Å². The minimum absolute atomic E-state index is 0.165. The molecule has 3 aromatic rings. The van der Waals surface area contributed by atoms with Crippen molar-refractivity contribution in [1.29, 1.82) is 0 Å². The number of rotatable bonds is 3. The molecule has 0 bridgehead atoms. The third-order valence-corrected chi connectivity index (χ3v) is 5.13. The molecule has 0 spiro atoms. The number of pyridine rings is 1. The molecule has 3 rings (SSSR count). The van der Waals surface area contributed by atoms with Crippen molar-refractivity contribution in [3.05, 3.63) is 70.8 Å². The third kappa shape index (κ3) is 3.46. The Hall–Kier alpha value is -1.88. The first-order chi connectivity index (χ1) is 11.4. The molecule has 6 heteroatoms. The molecular weight excluding hydrogens is 365 g/mol. The molecule has 122 valence electrons. The zero-order valence-corrected chi connectivity index (χ0v) is 15.0. The molecule has 2 aromatic carbocycles. The quantitative estimate of drug-likeness (QED) is 0.635. The average Bonchev–Trinajstić information content (AvgIpc) is 2.55. The Labute approximate surface area is 150 Å². The Kier molecular flexibility index (Phi) is 4.63. The fourth-order valence-electron chi connectivity index (χ4n) is 2.51. The Morgan fingerprint density at radius 2 is 1.62 bits per heavy atom. The van der Waals surface area contributed by atoms with E-state index in [0.29, 0.717) is 26.9 Å². The molecule has 0 saturated carbocycles. The van der Waals surface area contributed by atoms with Crippen molar-refractivity contribution in [1.82, 2.24) is 4.98 Å². The lowest BCUT2D eigenvalue weighted by atomic mass is 9.97. The molecule has 0 N–H and O–H groups in total. The summed E-state index contributed by atoms with van der Waals surface area (Å²) in [6.07, 6.45) is 2.82. The van der Waals surface area contributed by atoms with Crippen LogP contribution >= 0.6 is 23.2 Å². The number of sulfone groups is 1. The summed E-state index contributed by atoms with van der Waals surface area (Å²) in [5.74, 6) is 0. The second kappa shape index (κ2) is 6.55. The van der Waals surface area contributed by atoms with Crippen LogP contribution in [0, 0.1) is 0 Å². The third-order valence-electron chi connectivity index (χ3n) is 3.54. The van der Waals surface area contributed by atoms with E-state index in [1.165, 1.54) is 12.3 Å². The topological polar surface area (TPSA) is 47.0 Å². The largest absolute Gasteiger partial charge is 0.256 e. The van der Waals surface area contributed by atoms with Gasteiger partial charge in [-0.3, -0.25) is 4.98 Å². The van der Waals surface area contributed by atoms with E-state index in [1.807, 2.05) is 12.1 Å². The van der Waals surface area contributed by atoms with Gasteiger partial charge in [0.2, 0.25) is 0 Å². The van der Waals surface area contributed by atoms with Crippen LogP contribution in [-0.4, -0.2) is 19.7 Å². The number of hydrogen-bond acceptors (Lipinski definition) is 3. The average molecular weight is 378 g/mol. The first-order valence-corrected chi connectivity index (χ1v) is 9.72. The van der Waals surface area contributed by atoms with Gasteiger partial charge in [-0.25, -0.2) is 8.42 Å². The van der Waals surface area contributed by atoms with E-state index in [0.717, 1.165) is 5.56 Å². The summed E-state index contributed by atoms with van der Waals surface area (Å²) in [6.45, 7) is 0. The lowest BCUT2D eigenvalue weighted by molar-refractivity contribution is 0.602. The second-order valence-corrected chi connectivity index (χ2v) is 8.18. The molecule has 24 heavy (non-hydrogen) atoms. The van der Waals surface area contributed by atoms with E-state index in [2.05, 4.69) is 4.98 Å². The summed E-state index contributed by atoms with van der Waals surface area (Å²) >= 11 is 12.1. The van der Waals surface area contributed by atoms with Crippen molar-refractivity contribution in [2.45, 2.75) is 4.90 Å². The minimum atomic E-state index is -3.49.